The highest BCUT2D eigenvalue weighted by atomic mass is 31.2. The summed E-state index contributed by atoms with van der Waals surface area (Å²) < 4.78 is 40.2. The van der Waals surface area contributed by atoms with E-state index in [4.69, 9.17) is 21.3 Å². The molecule has 1 aromatic carbocycles. The molecule has 1 aromatic rings. The van der Waals surface area contributed by atoms with E-state index in [1.165, 1.54) is 4.90 Å². The van der Waals surface area contributed by atoms with E-state index in [1.54, 1.807) is 13.8 Å². The van der Waals surface area contributed by atoms with Crippen LogP contribution in [-0.2, 0) is 64.6 Å². The average Bonchev–Trinajstić information content (AvgIpc) is 3.71. The fraction of sp³-hybridized carbons (Fsp3) is 0.579. The van der Waals surface area contributed by atoms with Crippen molar-refractivity contribution in [3.05, 3.63) is 35.4 Å². The third-order valence-corrected chi connectivity index (χ3v) is 11.3. The first kappa shape index (κ1) is 54.1. The summed E-state index contributed by atoms with van der Waals surface area (Å²) in [5.41, 5.74) is 4.95. The maximum Gasteiger partial charge on any atom is 0.399 e. The fourth-order valence-electron chi connectivity index (χ4n) is 6.59. The predicted molar refractivity (Wildman–Crippen MR) is 217 cm³/mol. The number of carbonyl (C=O) groups excluding carboxylic acids is 8. The number of nitrogens with one attached hydrogen (secondary N) is 5. The topological polar surface area (TPSA) is 384 Å². The molecule has 0 bridgehead atoms. The van der Waals surface area contributed by atoms with Crippen LogP contribution in [0.3, 0.4) is 0 Å². The Morgan fingerprint density at radius 1 is 0.766 bits per heavy atom. The monoisotopic (exact) mass is 932 g/mol. The van der Waals surface area contributed by atoms with Crippen molar-refractivity contribution in [2.75, 3.05) is 6.54 Å². The van der Waals surface area contributed by atoms with Crippen molar-refractivity contribution in [3.63, 3.8) is 0 Å². The van der Waals surface area contributed by atoms with Crippen LogP contribution in [0.1, 0.15) is 89.7 Å². The van der Waals surface area contributed by atoms with Gasteiger partial charge in [-0.2, -0.15) is 8.78 Å². The van der Waals surface area contributed by atoms with E-state index in [-0.39, 0.29) is 24.9 Å². The van der Waals surface area contributed by atoms with Crippen LogP contribution in [0.5, 0.6) is 0 Å². The summed E-state index contributed by atoms with van der Waals surface area (Å²) in [6, 6.07) is -5.91. The summed E-state index contributed by atoms with van der Waals surface area (Å²) in [6.07, 6.45) is -3.06. The molecular formula is C38H55F2N8O15P. The minimum absolute atomic E-state index is 0.0163. The molecule has 1 fully saturated rings. The van der Waals surface area contributed by atoms with Gasteiger partial charge in [-0.25, -0.2) is 0 Å². The molecular weight excluding hydrogens is 877 g/mol. The van der Waals surface area contributed by atoms with Gasteiger partial charge in [0, 0.05) is 44.7 Å². The molecule has 0 unspecified atom stereocenters. The highest BCUT2D eigenvalue weighted by Gasteiger charge is 2.50. The first-order valence-electron chi connectivity index (χ1n) is 20.0. The van der Waals surface area contributed by atoms with Crippen molar-refractivity contribution in [1.29, 1.82) is 0 Å². The molecule has 1 heterocycles. The number of likely N-dealkylation sites (tertiary alicyclic amines) is 1. The Morgan fingerprint density at radius 2 is 1.22 bits per heavy atom. The Hall–Kier alpha value is -6.07. The van der Waals surface area contributed by atoms with E-state index in [2.05, 4.69) is 26.6 Å². The molecule has 8 amide bonds. The lowest BCUT2D eigenvalue weighted by Crippen LogP contribution is -2.60. The van der Waals surface area contributed by atoms with E-state index in [9.17, 15) is 71.5 Å². The van der Waals surface area contributed by atoms with Gasteiger partial charge in [0.25, 0.3) is 0 Å². The van der Waals surface area contributed by atoms with Crippen LogP contribution >= 0.6 is 7.60 Å². The molecule has 0 radical (unpaired) electrons. The molecule has 64 heavy (non-hydrogen) atoms. The van der Waals surface area contributed by atoms with Gasteiger partial charge in [0.15, 0.2) is 0 Å². The number of carboxylic acids is 2. The third kappa shape index (κ3) is 16.2. The molecule has 2 rings (SSSR count). The van der Waals surface area contributed by atoms with E-state index in [0.29, 0.717) is 25.0 Å². The summed E-state index contributed by atoms with van der Waals surface area (Å²) in [5, 5.41) is 30.6. The maximum absolute atomic E-state index is 14.4. The first-order chi connectivity index (χ1) is 29.7. The summed E-state index contributed by atoms with van der Waals surface area (Å²) in [5.74, 6) is -11.0. The SMILES string of the molecule is CC[C@H](C)[C@H](NC(=O)[C@H](CCC(=O)O)NC(=O)[C@H](CCC(=O)O)NC(=O)[C@H](Cc1ccc(C(F)(F)P(=O)(O)O)cc1)NC(=O)[C@H](CCC(N)=O)NC(C)=O)C(=O)N1CCC[C@H]1C(N)=O. The molecule has 0 aliphatic carbocycles. The van der Waals surface area contributed by atoms with Gasteiger partial charge >= 0.3 is 25.2 Å². The smallest absolute Gasteiger partial charge is 0.399 e. The van der Waals surface area contributed by atoms with Gasteiger partial charge in [-0.15, -0.1) is 0 Å². The number of carboxylic acid groups (broad SMARTS) is 2. The van der Waals surface area contributed by atoms with Crippen molar-refractivity contribution in [3.8, 4) is 0 Å². The lowest BCUT2D eigenvalue weighted by molar-refractivity contribution is -0.143. The van der Waals surface area contributed by atoms with E-state index < -0.39 is 159 Å². The Morgan fingerprint density at radius 3 is 1.66 bits per heavy atom. The van der Waals surface area contributed by atoms with E-state index in [0.717, 1.165) is 19.1 Å². The third-order valence-electron chi connectivity index (χ3n) is 10.3. The molecule has 23 nitrogen and oxygen atoms in total. The Labute approximate surface area is 365 Å². The Bertz CT molecular complexity index is 1970. The lowest BCUT2D eigenvalue weighted by Gasteiger charge is -2.32. The van der Waals surface area contributed by atoms with E-state index in [1.807, 2.05) is 0 Å². The number of primary amides is 2. The highest BCUT2D eigenvalue weighted by molar-refractivity contribution is 7.52. The van der Waals surface area contributed by atoms with Crippen molar-refractivity contribution in [1.82, 2.24) is 31.5 Å². The molecule has 0 spiro atoms. The minimum atomic E-state index is -5.99. The number of amides is 8. The molecule has 1 aliphatic heterocycles. The normalized spacial score (nSPS) is 16.7. The number of nitrogens with zero attached hydrogens (tertiary/aromatic N) is 1. The zero-order valence-corrected chi connectivity index (χ0v) is 36.1. The second-order valence-corrected chi connectivity index (χ2v) is 16.9. The van der Waals surface area contributed by atoms with E-state index >= 15 is 0 Å². The van der Waals surface area contributed by atoms with Crippen LogP contribution in [0.2, 0.25) is 0 Å². The molecule has 0 aromatic heterocycles. The van der Waals surface area contributed by atoms with Crippen LogP contribution in [0, 0.1) is 5.92 Å². The number of nitrogens with two attached hydrogens (primary N) is 2. The fourth-order valence-corrected chi connectivity index (χ4v) is 7.07. The maximum atomic E-state index is 14.4. The standard InChI is InChI=1S/C38H55F2N8O15P/c1-4-19(2)31(37(60)48-17-5-6-27(48)32(42)55)47-35(58)25(13-16-30(53)54)44-34(57)24(12-15-29(51)52)45-36(59)26(46-33(56)23(43-20(3)49)11-14-28(41)50)18-21-7-9-22(10-8-21)38(39,40)64(61,62)63/h7-10,19,23-27,31H,4-6,11-18H2,1-3H3,(H2,41,50)(H2,42,55)(H,43,49)(H,44,57)(H,45,59)(H,46,56)(H,47,58)(H,51,52)(H,53,54)(H2,61,62,63)/t19-,23-,24-,25-,26-,27-,31-/m0/s1. The van der Waals surface area contributed by atoms with Gasteiger partial charge in [-0.3, -0.25) is 52.5 Å². The number of hydrogen-bond acceptors (Lipinski definition) is 11. The summed E-state index contributed by atoms with van der Waals surface area (Å²) >= 11 is 0. The van der Waals surface area contributed by atoms with Gasteiger partial charge < -0.3 is 63.0 Å². The number of benzene rings is 1. The van der Waals surface area contributed by atoms with Crippen molar-refractivity contribution >= 4 is 66.8 Å². The number of alkyl halides is 2. The summed E-state index contributed by atoms with van der Waals surface area (Å²) in [4.78, 5) is 147. The number of rotatable bonds is 26. The molecule has 1 saturated heterocycles. The van der Waals surface area contributed by atoms with Crippen LogP contribution in [0.25, 0.3) is 0 Å². The van der Waals surface area contributed by atoms with Crippen molar-refractivity contribution < 1.29 is 81.3 Å². The molecule has 7 atom stereocenters. The Kier molecular flexibility index (Phi) is 20.4. The van der Waals surface area contributed by atoms with Crippen molar-refractivity contribution in [2.24, 2.45) is 17.4 Å². The van der Waals surface area contributed by atoms with Gasteiger partial charge in [-0.1, -0.05) is 44.5 Å². The van der Waals surface area contributed by atoms with Crippen LogP contribution < -0.4 is 38.1 Å². The summed E-state index contributed by atoms with van der Waals surface area (Å²) in [6.45, 7) is 4.52. The largest absolute Gasteiger partial charge is 0.481 e. The first-order valence-corrected chi connectivity index (χ1v) is 21.6. The molecule has 356 valence electrons. The average molecular weight is 933 g/mol. The predicted octanol–water partition coefficient (Wildman–Crippen LogP) is -1.58. The zero-order valence-electron chi connectivity index (χ0n) is 35.2. The molecule has 26 heteroatoms. The number of aliphatic carboxylic acids is 2. The van der Waals surface area contributed by atoms with Crippen molar-refractivity contribution in [2.45, 2.75) is 127 Å². The van der Waals surface area contributed by atoms with Crippen LogP contribution in [-0.4, -0.2) is 127 Å². The molecule has 13 N–H and O–H groups in total. The Balaban J connectivity index is 2.54. The quantitative estimate of drug-likeness (QED) is 0.0467. The lowest BCUT2D eigenvalue weighted by atomic mass is 9.96. The van der Waals surface area contributed by atoms with Gasteiger partial charge in [0.2, 0.25) is 47.3 Å². The van der Waals surface area contributed by atoms with Crippen LogP contribution in [0.15, 0.2) is 24.3 Å². The number of carbonyl (C=O) groups is 10. The second kappa shape index (κ2) is 24.1. The highest BCUT2D eigenvalue weighted by Crippen LogP contribution is 2.59. The number of hydrogen-bond donors (Lipinski definition) is 11. The van der Waals surface area contributed by atoms with Crippen LogP contribution in [0.4, 0.5) is 8.78 Å². The second-order valence-electron chi connectivity index (χ2n) is 15.3. The van der Waals surface area contributed by atoms with Gasteiger partial charge in [0.1, 0.15) is 36.3 Å². The molecule has 1 aliphatic rings. The summed E-state index contributed by atoms with van der Waals surface area (Å²) in [7, 11) is -5.99. The number of halogens is 2. The minimum Gasteiger partial charge on any atom is -0.481 e. The zero-order chi connectivity index (χ0) is 48.7. The molecule has 0 saturated carbocycles. The van der Waals surface area contributed by atoms with Gasteiger partial charge in [0.05, 0.1) is 0 Å². The van der Waals surface area contributed by atoms with Gasteiger partial charge in [-0.05, 0) is 43.6 Å².